The van der Waals surface area contributed by atoms with Crippen molar-refractivity contribution in [2.45, 2.75) is 51.0 Å². The van der Waals surface area contributed by atoms with Crippen LogP contribution in [0.5, 0.6) is 0 Å². The van der Waals surface area contributed by atoms with Gasteiger partial charge in [-0.3, -0.25) is 0 Å². The third kappa shape index (κ3) is 4.61. The maximum Gasteiger partial charge on any atom is 0.131 e. The lowest BCUT2D eigenvalue weighted by atomic mass is 10.0. The van der Waals surface area contributed by atoms with Gasteiger partial charge in [-0.05, 0) is 51.1 Å². The predicted molar refractivity (Wildman–Crippen MR) is 100 cm³/mol. The van der Waals surface area contributed by atoms with Crippen LogP contribution in [0.3, 0.4) is 0 Å². The topological polar surface area (TPSA) is 49.4 Å². The molecule has 1 fully saturated rings. The monoisotopic (exact) mass is 332 g/mol. The van der Waals surface area contributed by atoms with Gasteiger partial charge in [-0.25, -0.2) is 4.98 Å². The lowest BCUT2D eigenvalue weighted by Crippen LogP contribution is -2.20. The van der Waals surface area contributed by atoms with E-state index in [2.05, 4.69) is 35.7 Å². The molecule has 3 rings (SSSR count). The van der Waals surface area contributed by atoms with E-state index in [-0.39, 0.29) is 0 Å². The molecular weight excluding hydrogens is 300 g/mol. The number of unbranched alkanes of at least 4 members (excludes halogenated alkanes) is 2. The molecule has 2 N–H and O–H groups in total. The molecule has 24 heavy (non-hydrogen) atoms. The summed E-state index contributed by atoms with van der Waals surface area (Å²) in [4.78, 5) is 7.08. The van der Waals surface area contributed by atoms with Crippen molar-refractivity contribution in [3.8, 4) is 0 Å². The van der Waals surface area contributed by atoms with Gasteiger partial charge in [-0.1, -0.05) is 6.42 Å². The second-order valence-corrected chi connectivity index (χ2v) is 7.18. The Morgan fingerprint density at radius 2 is 2.17 bits per heavy atom. The second kappa shape index (κ2) is 8.67. The van der Waals surface area contributed by atoms with Gasteiger partial charge in [0.1, 0.15) is 5.82 Å². The standard InChI is InChI=1S/C19H32N4O/c1-23(2)18-13-15(22-19-17(18)8-6-10-21-19)7-4-3-5-12-24-16-9-11-20-14-16/h13,16,20H,3-12,14H2,1-2H3,(H,21,22)/t16-/m1/s1. The fourth-order valence-corrected chi connectivity index (χ4v) is 3.61. The molecule has 1 atom stereocenters. The van der Waals surface area contributed by atoms with Crippen LogP contribution in [0.25, 0.3) is 0 Å². The lowest BCUT2D eigenvalue weighted by Gasteiger charge is -2.25. The maximum atomic E-state index is 5.89. The number of aryl methyl sites for hydroxylation is 1. The number of rotatable bonds is 8. The minimum absolute atomic E-state index is 0.445. The van der Waals surface area contributed by atoms with E-state index in [1.54, 1.807) is 0 Å². The maximum absolute atomic E-state index is 5.89. The molecule has 0 unspecified atom stereocenters. The van der Waals surface area contributed by atoms with Crippen LogP contribution in [0.2, 0.25) is 0 Å². The van der Waals surface area contributed by atoms with Crippen molar-refractivity contribution >= 4 is 11.5 Å². The van der Waals surface area contributed by atoms with Gasteiger partial charge in [0.25, 0.3) is 0 Å². The van der Waals surface area contributed by atoms with Crippen LogP contribution in [0.1, 0.15) is 43.4 Å². The molecule has 3 heterocycles. The first-order valence-electron chi connectivity index (χ1n) is 9.50. The van der Waals surface area contributed by atoms with Crippen LogP contribution in [0.15, 0.2) is 6.07 Å². The minimum atomic E-state index is 0.445. The number of hydrogen-bond donors (Lipinski definition) is 2. The predicted octanol–water partition coefficient (Wildman–Crippen LogP) is 2.60. The average molecular weight is 332 g/mol. The average Bonchev–Trinajstić information content (AvgIpc) is 3.10. The Balaban J connectivity index is 1.45. The van der Waals surface area contributed by atoms with Crippen LogP contribution in [0.4, 0.5) is 11.5 Å². The number of hydrogen-bond acceptors (Lipinski definition) is 5. The number of nitrogens with one attached hydrogen (secondary N) is 2. The van der Waals surface area contributed by atoms with Crippen LogP contribution in [-0.2, 0) is 17.6 Å². The van der Waals surface area contributed by atoms with Crippen molar-refractivity contribution in [2.75, 3.05) is 50.6 Å². The SMILES string of the molecule is CN(C)c1cc(CCCCCO[C@@H]2CCNC2)nc2c1CCCN2. The van der Waals surface area contributed by atoms with E-state index in [1.165, 1.54) is 42.6 Å². The van der Waals surface area contributed by atoms with Crippen molar-refractivity contribution < 1.29 is 4.74 Å². The zero-order valence-electron chi connectivity index (χ0n) is 15.2. The van der Waals surface area contributed by atoms with Gasteiger partial charge in [0.15, 0.2) is 0 Å². The highest BCUT2D eigenvalue weighted by Gasteiger charge is 2.17. The van der Waals surface area contributed by atoms with Gasteiger partial charge in [0, 0.05) is 50.7 Å². The zero-order valence-corrected chi connectivity index (χ0v) is 15.2. The summed E-state index contributed by atoms with van der Waals surface area (Å²) in [6.07, 6.45) is 8.55. The Morgan fingerprint density at radius 1 is 1.25 bits per heavy atom. The van der Waals surface area contributed by atoms with Gasteiger partial charge in [-0.15, -0.1) is 0 Å². The Labute approximate surface area is 146 Å². The van der Waals surface area contributed by atoms with Crippen LogP contribution < -0.4 is 15.5 Å². The number of aromatic nitrogens is 1. The molecule has 0 radical (unpaired) electrons. The highest BCUT2D eigenvalue weighted by atomic mass is 16.5. The molecule has 0 spiro atoms. The van der Waals surface area contributed by atoms with Gasteiger partial charge >= 0.3 is 0 Å². The van der Waals surface area contributed by atoms with Crippen LogP contribution in [0, 0.1) is 0 Å². The lowest BCUT2D eigenvalue weighted by molar-refractivity contribution is 0.0642. The Bertz CT molecular complexity index is 526. The van der Waals surface area contributed by atoms with E-state index in [0.717, 1.165) is 51.3 Å². The highest BCUT2D eigenvalue weighted by Crippen LogP contribution is 2.30. The first kappa shape index (κ1) is 17.5. The molecule has 134 valence electrons. The van der Waals surface area contributed by atoms with Gasteiger partial charge in [0.05, 0.1) is 6.10 Å². The molecule has 1 saturated heterocycles. The molecule has 0 amide bonds. The molecule has 2 aliphatic heterocycles. The van der Waals surface area contributed by atoms with E-state index in [9.17, 15) is 0 Å². The fraction of sp³-hybridized carbons (Fsp3) is 0.737. The summed E-state index contributed by atoms with van der Waals surface area (Å²) in [6.45, 7) is 4.08. The van der Waals surface area contributed by atoms with Gasteiger partial charge < -0.3 is 20.3 Å². The number of anilines is 2. The largest absolute Gasteiger partial charge is 0.377 e. The summed E-state index contributed by atoms with van der Waals surface area (Å²) in [5.74, 6) is 1.11. The Morgan fingerprint density at radius 3 is 2.96 bits per heavy atom. The van der Waals surface area contributed by atoms with E-state index < -0.39 is 0 Å². The van der Waals surface area contributed by atoms with Crippen molar-refractivity contribution in [3.05, 3.63) is 17.3 Å². The van der Waals surface area contributed by atoms with Gasteiger partial charge in [-0.2, -0.15) is 0 Å². The van der Waals surface area contributed by atoms with Gasteiger partial charge in [0.2, 0.25) is 0 Å². The van der Waals surface area contributed by atoms with Crippen molar-refractivity contribution in [1.82, 2.24) is 10.3 Å². The summed E-state index contributed by atoms with van der Waals surface area (Å²) in [5, 5.41) is 6.82. The van der Waals surface area contributed by atoms with E-state index in [1.807, 2.05) is 0 Å². The van der Waals surface area contributed by atoms with Crippen molar-refractivity contribution in [1.29, 1.82) is 0 Å². The third-order valence-corrected chi connectivity index (χ3v) is 4.98. The third-order valence-electron chi connectivity index (χ3n) is 4.98. The van der Waals surface area contributed by atoms with Crippen LogP contribution >= 0.6 is 0 Å². The minimum Gasteiger partial charge on any atom is -0.377 e. The number of pyridine rings is 1. The highest BCUT2D eigenvalue weighted by molar-refractivity contribution is 5.64. The number of ether oxygens (including phenoxy) is 1. The van der Waals surface area contributed by atoms with Crippen molar-refractivity contribution in [3.63, 3.8) is 0 Å². The Kier molecular flexibility index (Phi) is 6.32. The van der Waals surface area contributed by atoms with Crippen LogP contribution in [-0.4, -0.2) is 51.4 Å². The molecule has 2 aliphatic rings. The Hall–Kier alpha value is -1.33. The molecule has 1 aromatic rings. The van der Waals surface area contributed by atoms with E-state index in [0.29, 0.717) is 6.10 Å². The molecule has 0 saturated carbocycles. The summed E-state index contributed by atoms with van der Waals surface area (Å²) in [6, 6.07) is 2.28. The summed E-state index contributed by atoms with van der Waals surface area (Å²) in [7, 11) is 4.26. The fourth-order valence-electron chi connectivity index (χ4n) is 3.61. The number of nitrogens with zero attached hydrogens (tertiary/aromatic N) is 2. The zero-order chi connectivity index (χ0) is 16.8. The summed E-state index contributed by atoms with van der Waals surface area (Å²) < 4.78 is 5.89. The molecule has 1 aromatic heterocycles. The first-order chi connectivity index (χ1) is 11.7. The molecule has 0 bridgehead atoms. The summed E-state index contributed by atoms with van der Waals surface area (Å²) in [5.41, 5.74) is 3.93. The molecule has 0 aromatic carbocycles. The van der Waals surface area contributed by atoms with E-state index in [4.69, 9.17) is 9.72 Å². The second-order valence-electron chi connectivity index (χ2n) is 7.18. The quantitative estimate of drug-likeness (QED) is 0.717. The smallest absolute Gasteiger partial charge is 0.131 e. The van der Waals surface area contributed by atoms with Crippen molar-refractivity contribution in [2.24, 2.45) is 0 Å². The molecular formula is C19H32N4O. The molecule has 0 aliphatic carbocycles. The molecule has 5 heteroatoms. The van der Waals surface area contributed by atoms with E-state index >= 15 is 0 Å². The summed E-state index contributed by atoms with van der Waals surface area (Å²) >= 11 is 0. The normalized spacial score (nSPS) is 19.8. The molecule has 5 nitrogen and oxygen atoms in total. The number of fused-ring (bicyclic) bond motifs is 1. The first-order valence-corrected chi connectivity index (χ1v) is 9.50.